The molecule has 0 saturated carbocycles. The first kappa shape index (κ1) is 13.6. The molecule has 0 bridgehead atoms. The van der Waals surface area contributed by atoms with Crippen LogP contribution in [0, 0.1) is 13.8 Å². The van der Waals surface area contributed by atoms with Crippen molar-refractivity contribution in [3.05, 3.63) is 64.7 Å². The summed E-state index contributed by atoms with van der Waals surface area (Å²) in [7, 11) is 0. The zero-order valence-corrected chi connectivity index (χ0v) is 11.8. The molecule has 2 heteroatoms. The van der Waals surface area contributed by atoms with Crippen molar-refractivity contribution in [2.24, 2.45) is 0 Å². The summed E-state index contributed by atoms with van der Waals surface area (Å²) >= 11 is 0. The lowest BCUT2D eigenvalue weighted by atomic mass is 10.1. The second-order valence-corrected chi connectivity index (χ2v) is 5.10. The van der Waals surface area contributed by atoms with Crippen molar-refractivity contribution < 1.29 is 5.11 Å². The number of hydrogen-bond acceptors (Lipinski definition) is 2. The monoisotopic (exact) mass is 255 g/mol. The fourth-order valence-corrected chi connectivity index (χ4v) is 2.10. The molecule has 2 aromatic rings. The van der Waals surface area contributed by atoms with Crippen LogP contribution >= 0.6 is 0 Å². The Labute approximate surface area is 115 Å². The summed E-state index contributed by atoms with van der Waals surface area (Å²) in [5.74, 6) is 0.395. The zero-order chi connectivity index (χ0) is 13.8. The van der Waals surface area contributed by atoms with Gasteiger partial charge in [-0.05, 0) is 31.9 Å². The quantitative estimate of drug-likeness (QED) is 0.869. The maximum Gasteiger partial charge on any atom is 0.122 e. The lowest BCUT2D eigenvalue weighted by Gasteiger charge is -2.15. The summed E-state index contributed by atoms with van der Waals surface area (Å²) < 4.78 is 0. The Kier molecular flexibility index (Phi) is 4.23. The zero-order valence-electron chi connectivity index (χ0n) is 11.8. The van der Waals surface area contributed by atoms with Gasteiger partial charge in [0.25, 0.3) is 0 Å². The van der Waals surface area contributed by atoms with Crippen molar-refractivity contribution in [1.82, 2.24) is 5.32 Å². The van der Waals surface area contributed by atoms with Crippen LogP contribution in [0.25, 0.3) is 0 Å². The molecule has 2 rings (SSSR count). The van der Waals surface area contributed by atoms with Crippen LogP contribution in [0.5, 0.6) is 5.75 Å². The highest BCUT2D eigenvalue weighted by Crippen LogP contribution is 2.22. The van der Waals surface area contributed by atoms with E-state index in [1.54, 1.807) is 0 Å². The third-order valence-electron chi connectivity index (χ3n) is 3.50. The van der Waals surface area contributed by atoms with Gasteiger partial charge >= 0.3 is 0 Å². The minimum absolute atomic E-state index is 0.264. The van der Waals surface area contributed by atoms with E-state index in [0.29, 0.717) is 12.3 Å². The van der Waals surface area contributed by atoms with E-state index >= 15 is 0 Å². The third-order valence-corrected chi connectivity index (χ3v) is 3.50. The van der Waals surface area contributed by atoms with Crippen molar-refractivity contribution >= 4 is 0 Å². The number of nitrogens with one attached hydrogen (secondary N) is 1. The van der Waals surface area contributed by atoms with Crippen molar-refractivity contribution in [2.75, 3.05) is 0 Å². The Morgan fingerprint density at radius 2 is 1.74 bits per heavy atom. The molecule has 19 heavy (non-hydrogen) atoms. The van der Waals surface area contributed by atoms with Crippen LogP contribution < -0.4 is 5.32 Å². The van der Waals surface area contributed by atoms with Gasteiger partial charge in [0.2, 0.25) is 0 Å². The Hall–Kier alpha value is -1.80. The van der Waals surface area contributed by atoms with Gasteiger partial charge in [0.05, 0.1) is 0 Å². The Balaban J connectivity index is 2.02. The molecule has 0 aliphatic carbocycles. The highest BCUT2D eigenvalue weighted by Gasteiger charge is 2.07. The number of benzene rings is 2. The second-order valence-electron chi connectivity index (χ2n) is 5.10. The van der Waals surface area contributed by atoms with E-state index in [-0.39, 0.29) is 6.04 Å². The molecule has 100 valence electrons. The maximum atomic E-state index is 9.98. The summed E-state index contributed by atoms with van der Waals surface area (Å²) in [5, 5.41) is 13.4. The first-order valence-corrected chi connectivity index (χ1v) is 6.65. The molecule has 0 aliphatic heterocycles. The summed E-state index contributed by atoms with van der Waals surface area (Å²) in [6.07, 6.45) is 0. The van der Waals surface area contributed by atoms with E-state index in [4.69, 9.17) is 0 Å². The normalized spacial score (nSPS) is 12.4. The van der Waals surface area contributed by atoms with E-state index in [2.05, 4.69) is 43.4 Å². The van der Waals surface area contributed by atoms with Crippen molar-refractivity contribution in [2.45, 2.75) is 33.4 Å². The Morgan fingerprint density at radius 1 is 1.05 bits per heavy atom. The van der Waals surface area contributed by atoms with Gasteiger partial charge < -0.3 is 10.4 Å². The van der Waals surface area contributed by atoms with E-state index in [0.717, 1.165) is 11.1 Å². The third kappa shape index (κ3) is 3.36. The summed E-state index contributed by atoms with van der Waals surface area (Å²) in [6, 6.07) is 14.6. The van der Waals surface area contributed by atoms with Crippen LogP contribution in [-0.4, -0.2) is 5.11 Å². The van der Waals surface area contributed by atoms with Crippen LogP contribution in [0.15, 0.2) is 42.5 Å². The molecule has 0 saturated heterocycles. The predicted molar refractivity (Wildman–Crippen MR) is 79.3 cm³/mol. The average molecular weight is 255 g/mol. The topological polar surface area (TPSA) is 32.3 Å². The molecule has 0 aliphatic rings. The molecule has 1 unspecified atom stereocenters. The lowest BCUT2D eigenvalue weighted by Crippen LogP contribution is -2.18. The number of rotatable bonds is 4. The Morgan fingerprint density at radius 3 is 2.42 bits per heavy atom. The largest absolute Gasteiger partial charge is 0.507 e. The van der Waals surface area contributed by atoms with Gasteiger partial charge in [-0.2, -0.15) is 0 Å². The number of phenols is 1. The standard InChI is InChI=1S/C17H21NO/c1-12-7-9-15(10-8-12)14(3)18-11-16-6-4-5-13(2)17(16)19/h4-10,14,18-19H,11H2,1-3H3. The number of aromatic hydroxyl groups is 1. The van der Waals surface area contributed by atoms with Gasteiger partial charge in [0.1, 0.15) is 5.75 Å². The van der Waals surface area contributed by atoms with E-state index in [9.17, 15) is 5.11 Å². The van der Waals surface area contributed by atoms with Gasteiger partial charge in [-0.25, -0.2) is 0 Å². The van der Waals surface area contributed by atoms with E-state index in [1.165, 1.54) is 11.1 Å². The fraction of sp³-hybridized carbons (Fsp3) is 0.294. The van der Waals surface area contributed by atoms with Gasteiger partial charge in [0.15, 0.2) is 0 Å². The number of para-hydroxylation sites is 1. The minimum atomic E-state index is 0.264. The lowest BCUT2D eigenvalue weighted by molar-refractivity contribution is 0.456. The van der Waals surface area contributed by atoms with Gasteiger partial charge in [0, 0.05) is 18.2 Å². The maximum absolute atomic E-state index is 9.98. The van der Waals surface area contributed by atoms with Crippen LogP contribution in [0.2, 0.25) is 0 Å². The number of aryl methyl sites for hydroxylation is 2. The van der Waals surface area contributed by atoms with Crippen molar-refractivity contribution in [3.8, 4) is 5.75 Å². The molecule has 0 amide bonds. The predicted octanol–water partition coefficient (Wildman–Crippen LogP) is 3.86. The smallest absolute Gasteiger partial charge is 0.122 e. The van der Waals surface area contributed by atoms with Crippen LogP contribution in [0.1, 0.15) is 35.2 Å². The summed E-state index contributed by atoms with van der Waals surface area (Å²) in [5.41, 5.74) is 4.39. The van der Waals surface area contributed by atoms with Crippen molar-refractivity contribution in [1.29, 1.82) is 0 Å². The fourth-order valence-electron chi connectivity index (χ4n) is 2.10. The molecule has 0 aromatic heterocycles. The van der Waals surface area contributed by atoms with Gasteiger partial charge in [-0.3, -0.25) is 0 Å². The van der Waals surface area contributed by atoms with Gasteiger partial charge in [-0.1, -0.05) is 48.0 Å². The van der Waals surface area contributed by atoms with Crippen LogP contribution in [0.3, 0.4) is 0 Å². The van der Waals surface area contributed by atoms with Crippen molar-refractivity contribution in [3.63, 3.8) is 0 Å². The van der Waals surface area contributed by atoms with Crippen LogP contribution in [-0.2, 0) is 6.54 Å². The van der Waals surface area contributed by atoms with Crippen LogP contribution in [0.4, 0.5) is 0 Å². The highest BCUT2D eigenvalue weighted by atomic mass is 16.3. The molecule has 0 fully saturated rings. The molecule has 0 spiro atoms. The summed E-state index contributed by atoms with van der Waals surface area (Å²) in [6.45, 7) is 6.81. The minimum Gasteiger partial charge on any atom is -0.507 e. The molecular formula is C17H21NO. The molecule has 2 N–H and O–H groups in total. The van der Waals surface area contributed by atoms with Gasteiger partial charge in [-0.15, -0.1) is 0 Å². The molecule has 0 heterocycles. The number of hydrogen-bond donors (Lipinski definition) is 2. The second kappa shape index (κ2) is 5.89. The average Bonchev–Trinajstić information content (AvgIpc) is 2.41. The molecule has 2 aromatic carbocycles. The first-order valence-electron chi connectivity index (χ1n) is 6.65. The molecule has 0 radical (unpaired) electrons. The molecule has 2 nitrogen and oxygen atoms in total. The molecule has 1 atom stereocenters. The summed E-state index contributed by atoms with van der Waals surface area (Å²) in [4.78, 5) is 0. The molecular weight excluding hydrogens is 234 g/mol. The van der Waals surface area contributed by atoms with E-state index < -0.39 is 0 Å². The van der Waals surface area contributed by atoms with E-state index in [1.807, 2.05) is 25.1 Å². The SMILES string of the molecule is Cc1ccc(C(C)NCc2cccc(C)c2O)cc1. The number of phenolic OH excluding ortho intramolecular Hbond substituents is 1. The highest BCUT2D eigenvalue weighted by molar-refractivity contribution is 5.39. The first-order chi connectivity index (χ1) is 9.08. The Bertz CT molecular complexity index is 546.